The molecule has 2 saturated heterocycles. The van der Waals surface area contributed by atoms with Crippen LogP contribution in [0.1, 0.15) is 102 Å². The molecule has 16 heteroatoms. The van der Waals surface area contributed by atoms with E-state index >= 15 is 0 Å². The van der Waals surface area contributed by atoms with Crippen LogP contribution in [-0.4, -0.2) is 125 Å². The monoisotopic (exact) mass is 1010 g/mol. The molecule has 0 aromatic heterocycles. The van der Waals surface area contributed by atoms with Gasteiger partial charge in [0, 0.05) is 75.2 Å². The van der Waals surface area contributed by atoms with E-state index in [1.807, 2.05) is 41.5 Å². The Morgan fingerprint density at radius 1 is 0.622 bits per heavy atom. The number of piperazine rings is 2. The molecule has 4 aromatic carbocycles. The Balaban J connectivity index is 0.000000159. The van der Waals surface area contributed by atoms with Gasteiger partial charge in [-0.05, 0) is 115 Å². The maximum atomic E-state index is 11.4. The molecule has 12 rings (SSSR count). The zero-order valence-electron chi connectivity index (χ0n) is 43.6. The van der Waals surface area contributed by atoms with Crippen molar-refractivity contribution in [3.8, 4) is 58.1 Å². The highest BCUT2D eigenvalue weighted by molar-refractivity contribution is 5.68. The van der Waals surface area contributed by atoms with Gasteiger partial charge in [0.15, 0.2) is 23.0 Å². The predicted octanol–water partition coefficient (Wildman–Crippen LogP) is 6.72. The number of phenols is 2. The Hall–Kier alpha value is -6.50. The van der Waals surface area contributed by atoms with Crippen LogP contribution in [0.4, 0.5) is 0 Å². The van der Waals surface area contributed by atoms with E-state index in [1.54, 1.807) is 12.2 Å². The lowest BCUT2D eigenvalue weighted by molar-refractivity contribution is -0.0825. The Bertz CT molecular complexity index is 2900. The van der Waals surface area contributed by atoms with Crippen LogP contribution in [-0.2, 0) is 25.7 Å². The SMILES string of the molecule is C=CCOc1c(C)c2c(c3c1CC1[C@H]4c5c(cc(C)c(C)c5O)C[C@@H]([C@H](C#N)N1[C@H]3CN)N4C)OCO2.C=CCOc1c(C)c2c(c3c1CC1[C@H]4c5c(cc(C)c(C)c5O)C[C@@H]([C@H](C#N)N1[C@H]3CO)N4C)OCO2. The number of nitrogens with zero attached hydrogens (tertiary/aromatic N) is 6. The lowest BCUT2D eigenvalue weighted by atomic mass is 9.71. The molecule has 0 amide bonds. The summed E-state index contributed by atoms with van der Waals surface area (Å²) in [5.41, 5.74) is 20.1. The first kappa shape index (κ1) is 49.7. The zero-order chi connectivity index (χ0) is 52.3. The average Bonchev–Trinajstić information content (AvgIpc) is 4.10. The summed E-state index contributed by atoms with van der Waals surface area (Å²) in [4.78, 5) is 9.03. The highest BCUT2D eigenvalue weighted by Gasteiger charge is 2.58. The smallest absolute Gasteiger partial charge is 0.231 e. The van der Waals surface area contributed by atoms with Crippen molar-refractivity contribution in [2.24, 2.45) is 5.73 Å². The number of ether oxygens (including phenoxy) is 6. The first-order chi connectivity index (χ1) is 35.7. The molecule has 4 bridgehead atoms. The Morgan fingerprint density at radius 3 is 1.42 bits per heavy atom. The van der Waals surface area contributed by atoms with Crippen molar-refractivity contribution in [2.75, 3.05) is 54.0 Å². The Kier molecular flexibility index (Phi) is 12.6. The van der Waals surface area contributed by atoms with E-state index in [0.717, 1.165) is 89.4 Å². The molecule has 4 aromatic rings. The minimum absolute atomic E-state index is 0.0250. The fourth-order valence-corrected chi connectivity index (χ4v) is 14.5. The van der Waals surface area contributed by atoms with Crippen molar-refractivity contribution in [1.29, 1.82) is 10.5 Å². The van der Waals surface area contributed by atoms with E-state index in [4.69, 9.17) is 34.2 Å². The zero-order valence-corrected chi connectivity index (χ0v) is 43.6. The van der Waals surface area contributed by atoms with Crippen LogP contribution in [0.3, 0.4) is 0 Å². The fraction of sp³-hybridized carbons (Fsp3) is 0.483. The molecule has 2 unspecified atom stereocenters. The molecule has 8 heterocycles. The van der Waals surface area contributed by atoms with Gasteiger partial charge in [0.25, 0.3) is 0 Å². The summed E-state index contributed by atoms with van der Waals surface area (Å²) in [5, 5.41) is 54.7. The third-order valence-electron chi connectivity index (χ3n) is 18.0. The fourth-order valence-electron chi connectivity index (χ4n) is 14.5. The number of aryl methyl sites for hydroxylation is 2. The van der Waals surface area contributed by atoms with E-state index in [9.17, 15) is 25.8 Å². The number of aliphatic hydroxyl groups excluding tert-OH is 1. The van der Waals surface area contributed by atoms with Gasteiger partial charge in [0.2, 0.25) is 13.6 Å². The van der Waals surface area contributed by atoms with Crippen molar-refractivity contribution < 1.29 is 43.7 Å². The molecule has 8 aliphatic rings. The summed E-state index contributed by atoms with van der Waals surface area (Å²) in [5.74, 6) is 4.84. The lowest BCUT2D eigenvalue weighted by Gasteiger charge is -2.60. The third-order valence-corrected chi connectivity index (χ3v) is 18.0. The van der Waals surface area contributed by atoms with Gasteiger partial charge in [-0.2, -0.15) is 10.5 Å². The number of aromatic hydroxyl groups is 2. The standard InChI is InChI=1S/C29H34N4O4.C29H33N3O5/c1-6-7-35-27-16(4)28-29(37-13-36-28)24-18(27)10-20-25-23-17(8-14(2)15(3)26(23)34)9-19(32(25)5)21(11-30)33(20)22(24)12-31;1-6-7-35-27-16(4)28-29(37-13-36-28)24-18(27)10-20-25-23-17(8-14(2)15(3)26(23)34)9-19(31(25)5)21(11-30)32(20)22(24)12-33/h6,8,19-22,25,34H,1,7,9-10,12-13,31H2,2-5H3;6,8,19-22,25,33-34H,1,7,9-10,12-13H2,2-5H3/t2*19-,20?,21-,22-,25-/m00/s1. The lowest BCUT2D eigenvalue weighted by Crippen LogP contribution is -2.68. The van der Waals surface area contributed by atoms with Crippen LogP contribution in [0.2, 0.25) is 0 Å². The summed E-state index contributed by atoms with van der Waals surface area (Å²) in [6, 6.07) is 7.39. The van der Waals surface area contributed by atoms with E-state index in [0.29, 0.717) is 79.9 Å². The minimum atomic E-state index is -0.477. The number of fused-ring (bicyclic) bond motifs is 18. The number of likely N-dealkylation sites (N-methyl/N-ethyl adjacent to an activating group) is 2. The van der Waals surface area contributed by atoms with Crippen molar-refractivity contribution in [1.82, 2.24) is 19.6 Å². The van der Waals surface area contributed by atoms with Crippen LogP contribution < -0.4 is 34.2 Å². The number of hydrogen-bond acceptors (Lipinski definition) is 16. The minimum Gasteiger partial charge on any atom is -0.507 e. The third kappa shape index (κ3) is 6.99. The second kappa shape index (κ2) is 18.7. The number of aliphatic hydroxyl groups is 1. The van der Waals surface area contributed by atoms with Crippen molar-refractivity contribution in [3.05, 3.63) is 115 Å². The van der Waals surface area contributed by atoms with Gasteiger partial charge < -0.3 is 49.5 Å². The number of rotatable bonds is 8. The summed E-state index contributed by atoms with van der Waals surface area (Å²) in [6.07, 6.45) is 5.99. The number of nitriles is 2. The first-order valence-corrected chi connectivity index (χ1v) is 25.8. The largest absolute Gasteiger partial charge is 0.507 e. The first-order valence-electron chi connectivity index (χ1n) is 25.8. The highest BCUT2D eigenvalue weighted by Crippen LogP contribution is 2.60. The topological polar surface area (TPSA) is 203 Å². The van der Waals surface area contributed by atoms with E-state index in [-0.39, 0.29) is 68.5 Å². The summed E-state index contributed by atoms with van der Waals surface area (Å²) < 4.78 is 36.2. The maximum Gasteiger partial charge on any atom is 0.231 e. The molecule has 5 N–H and O–H groups in total. The number of benzene rings is 4. The summed E-state index contributed by atoms with van der Waals surface area (Å²) in [7, 11) is 4.14. The molecular formula is C58H67N7O9. The molecule has 2 fully saturated rings. The van der Waals surface area contributed by atoms with Crippen LogP contribution in [0, 0.1) is 64.2 Å². The number of hydrogen-bond donors (Lipinski definition) is 4. The molecular weight excluding hydrogens is 939 g/mol. The molecule has 388 valence electrons. The van der Waals surface area contributed by atoms with Crippen molar-refractivity contribution >= 4 is 0 Å². The van der Waals surface area contributed by atoms with E-state index < -0.39 is 12.1 Å². The van der Waals surface area contributed by atoms with Gasteiger partial charge in [-0.15, -0.1) is 0 Å². The Labute approximate surface area is 433 Å². The van der Waals surface area contributed by atoms with Crippen molar-refractivity contribution in [2.45, 2.75) is 128 Å². The molecule has 0 radical (unpaired) electrons. The summed E-state index contributed by atoms with van der Waals surface area (Å²) >= 11 is 0. The number of phenolic OH excluding ortho intramolecular Hbond substituents is 2. The van der Waals surface area contributed by atoms with Gasteiger partial charge in [-0.25, -0.2) is 0 Å². The second-order valence-electron chi connectivity index (χ2n) is 21.3. The predicted molar refractivity (Wildman–Crippen MR) is 276 cm³/mol. The second-order valence-corrected chi connectivity index (χ2v) is 21.3. The van der Waals surface area contributed by atoms with Gasteiger partial charge in [0.1, 0.15) is 48.3 Å². The van der Waals surface area contributed by atoms with Gasteiger partial charge in [-0.1, -0.05) is 37.4 Å². The van der Waals surface area contributed by atoms with E-state index in [1.165, 1.54) is 0 Å². The van der Waals surface area contributed by atoms with Crippen LogP contribution in [0.15, 0.2) is 37.4 Å². The maximum absolute atomic E-state index is 11.4. The average molecular weight is 1010 g/mol. The van der Waals surface area contributed by atoms with Crippen LogP contribution >= 0.6 is 0 Å². The van der Waals surface area contributed by atoms with Crippen LogP contribution in [0.5, 0.6) is 46.0 Å². The molecule has 0 saturated carbocycles. The molecule has 16 nitrogen and oxygen atoms in total. The van der Waals surface area contributed by atoms with E-state index in [2.05, 4.69) is 71.1 Å². The molecule has 0 spiro atoms. The normalized spacial score (nSPS) is 27.6. The van der Waals surface area contributed by atoms with Gasteiger partial charge >= 0.3 is 0 Å². The molecule has 74 heavy (non-hydrogen) atoms. The van der Waals surface area contributed by atoms with Gasteiger partial charge in [-0.3, -0.25) is 19.6 Å². The van der Waals surface area contributed by atoms with Gasteiger partial charge in [0.05, 0.1) is 42.9 Å². The highest BCUT2D eigenvalue weighted by atomic mass is 16.7. The quantitative estimate of drug-likeness (QED) is 0.136. The van der Waals surface area contributed by atoms with Crippen molar-refractivity contribution in [3.63, 3.8) is 0 Å². The van der Waals surface area contributed by atoms with Crippen LogP contribution in [0.25, 0.3) is 0 Å². The summed E-state index contributed by atoms with van der Waals surface area (Å²) in [6.45, 7) is 20.6. The molecule has 8 aliphatic heterocycles. The molecule has 10 atom stereocenters. The molecule has 0 aliphatic carbocycles. The Morgan fingerprint density at radius 2 is 1.03 bits per heavy atom. The number of nitrogens with two attached hydrogens (primary N) is 1.